The first-order valence-electron chi connectivity index (χ1n) is 10.9. The Hall–Kier alpha value is -2.91. The molecule has 0 bridgehead atoms. The summed E-state index contributed by atoms with van der Waals surface area (Å²) in [4.78, 5) is 35.1. The summed E-state index contributed by atoms with van der Waals surface area (Å²) in [6, 6.07) is 7.03. The van der Waals surface area contributed by atoms with Crippen molar-refractivity contribution in [2.24, 2.45) is 5.92 Å². The van der Waals surface area contributed by atoms with Crippen molar-refractivity contribution in [1.82, 2.24) is 20.2 Å². The summed E-state index contributed by atoms with van der Waals surface area (Å²) in [5, 5.41) is 2.67. The second kappa shape index (κ2) is 8.91. The predicted molar refractivity (Wildman–Crippen MR) is 117 cm³/mol. The molecule has 1 aromatic carbocycles. The van der Waals surface area contributed by atoms with Crippen LogP contribution in [0.5, 0.6) is 0 Å². The van der Waals surface area contributed by atoms with Gasteiger partial charge >= 0.3 is 6.09 Å². The summed E-state index contributed by atoms with van der Waals surface area (Å²) in [5.74, 6) is -0.557. The van der Waals surface area contributed by atoms with E-state index in [1.54, 1.807) is 11.1 Å². The van der Waals surface area contributed by atoms with Gasteiger partial charge in [-0.3, -0.25) is 4.79 Å². The van der Waals surface area contributed by atoms with E-state index in [1.165, 1.54) is 12.7 Å². The molecule has 2 N–H and O–H groups in total. The maximum absolute atomic E-state index is 13.6. The number of amides is 2. The highest BCUT2D eigenvalue weighted by Gasteiger charge is 2.52. The number of aromatic amines is 1. The lowest BCUT2D eigenvalue weighted by atomic mass is 10.0. The van der Waals surface area contributed by atoms with E-state index in [0.717, 1.165) is 11.3 Å². The molecule has 3 heterocycles. The molecule has 2 aliphatic heterocycles. The molecule has 1 aromatic heterocycles. The number of carbonyl (C=O) groups excluding carboxylic acids is 2. The fourth-order valence-corrected chi connectivity index (χ4v) is 4.28. The molecule has 0 saturated carbocycles. The zero-order valence-corrected chi connectivity index (χ0v) is 18.9. The second-order valence-corrected chi connectivity index (χ2v) is 8.70. The van der Waals surface area contributed by atoms with Crippen LogP contribution in [-0.4, -0.2) is 65.6 Å². The van der Waals surface area contributed by atoms with Crippen molar-refractivity contribution in [1.29, 1.82) is 0 Å². The van der Waals surface area contributed by atoms with Crippen LogP contribution in [0, 0.1) is 12.8 Å². The summed E-state index contributed by atoms with van der Waals surface area (Å²) < 4.78 is 16.5. The quantitative estimate of drug-likeness (QED) is 0.738. The Kier molecular flexibility index (Phi) is 6.21. The number of rotatable bonds is 5. The number of alkyl carbamates (subject to hydrolysis) is 1. The van der Waals surface area contributed by atoms with Crippen LogP contribution in [0.25, 0.3) is 11.3 Å². The Labute approximate surface area is 187 Å². The van der Waals surface area contributed by atoms with E-state index in [4.69, 9.17) is 14.2 Å². The summed E-state index contributed by atoms with van der Waals surface area (Å²) >= 11 is 0. The summed E-state index contributed by atoms with van der Waals surface area (Å²) in [6.45, 7) is 7.03. The molecule has 1 spiro atoms. The molecule has 32 heavy (non-hydrogen) atoms. The number of carbonyl (C=O) groups is 2. The third-order valence-electron chi connectivity index (χ3n) is 6.05. The van der Waals surface area contributed by atoms with Gasteiger partial charge in [-0.2, -0.15) is 0 Å². The number of hydrogen-bond donors (Lipinski definition) is 2. The number of benzene rings is 1. The highest BCUT2D eigenvalue weighted by Crippen LogP contribution is 2.42. The number of methoxy groups -OCH3 is 1. The Morgan fingerprint density at radius 3 is 2.56 bits per heavy atom. The first-order valence-corrected chi connectivity index (χ1v) is 10.9. The third kappa shape index (κ3) is 4.35. The molecule has 0 unspecified atom stereocenters. The van der Waals surface area contributed by atoms with Gasteiger partial charge < -0.3 is 29.4 Å². The van der Waals surface area contributed by atoms with Crippen molar-refractivity contribution < 1.29 is 23.8 Å². The average molecular weight is 443 g/mol. The van der Waals surface area contributed by atoms with Crippen LogP contribution in [0.2, 0.25) is 0 Å². The molecule has 2 aliphatic rings. The van der Waals surface area contributed by atoms with E-state index in [-0.39, 0.29) is 24.4 Å². The molecular weight excluding hydrogens is 412 g/mol. The monoisotopic (exact) mass is 442 g/mol. The maximum atomic E-state index is 13.6. The van der Waals surface area contributed by atoms with Gasteiger partial charge in [0.15, 0.2) is 5.79 Å². The minimum atomic E-state index is -0.857. The van der Waals surface area contributed by atoms with Crippen LogP contribution < -0.4 is 5.32 Å². The number of aryl methyl sites for hydroxylation is 1. The first-order chi connectivity index (χ1) is 15.3. The van der Waals surface area contributed by atoms with Crippen molar-refractivity contribution in [3.63, 3.8) is 0 Å². The molecule has 4 rings (SSSR count). The molecule has 2 aromatic rings. The number of nitrogens with zero attached hydrogens (tertiary/aromatic N) is 2. The molecule has 0 aliphatic carbocycles. The summed E-state index contributed by atoms with van der Waals surface area (Å²) in [5.41, 5.74) is 3.06. The number of ether oxygens (including phenoxy) is 3. The van der Waals surface area contributed by atoms with E-state index in [0.29, 0.717) is 25.5 Å². The van der Waals surface area contributed by atoms with E-state index < -0.39 is 17.9 Å². The van der Waals surface area contributed by atoms with E-state index in [2.05, 4.69) is 15.3 Å². The largest absolute Gasteiger partial charge is 0.453 e. The Morgan fingerprint density at radius 1 is 1.25 bits per heavy atom. The second-order valence-electron chi connectivity index (χ2n) is 8.70. The molecule has 2 amide bonds. The van der Waals surface area contributed by atoms with Crippen molar-refractivity contribution >= 4 is 12.0 Å². The number of nitrogens with one attached hydrogen (secondary N) is 2. The summed E-state index contributed by atoms with van der Waals surface area (Å²) in [7, 11) is 1.28. The van der Waals surface area contributed by atoms with Gasteiger partial charge in [-0.05, 0) is 18.4 Å². The van der Waals surface area contributed by atoms with Crippen molar-refractivity contribution in [3.8, 4) is 11.3 Å². The van der Waals surface area contributed by atoms with Crippen LogP contribution in [-0.2, 0) is 19.0 Å². The minimum absolute atomic E-state index is 0.135. The van der Waals surface area contributed by atoms with E-state index in [1.807, 2.05) is 45.0 Å². The maximum Gasteiger partial charge on any atom is 0.407 e. The molecule has 9 heteroatoms. The van der Waals surface area contributed by atoms with Gasteiger partial charge in [-0.15, -0.1) is 0 Å². The normalized spacial score (nSPS) is 20.7. The van der Waals surface area contributed by atoms with Gasteiger partial charge in [0, 0.05) is 6.42 Å². The fraction of sp³-hybridized carbons (Fsp3) is 0.522. The molecule has 0 radical (unpaired) electrons. The molecule has 2 atom stereocenters. The predicted octanol–water partition coefficient (Wildman–Crippen LogP) is 2.78. The summed E-state index contributed by atoms with van der Waals surface area (Å²) in [6.07, 6.45) is 1.59. The minimum Gasteiger partial charge on any atom is -0.453 e. The highest BCUT2D eigenvalue weighted by atomic mass is 16.7. The van der Waals surface area contributed by atoms with Gasteiger partial charge in [0.1, 0.15) is 11.9 Å². The zero-order valence-electron chi connectivity index (χ0n) is 18.9. The highest BCUT2D eigenvalue weighted by molar-refractivity contribution is 5.86. The van der Waals surface area contributed by atoms with E-state index in [9.17, 15) is 9.59 Å². The number of imidazole rings is 1. The number of likely N-dealkylation sites (tertiary alicyclic amines) is 1. The standard InChI is InChI=1S/C23H30N4O5/c1-14(2)19(26-22(29)30-4)21(28)27-13-23(31-9-10-32-23)11-18(27)20-24-12-17(25-20)16-7-5-15(3)6-8-16/h5-8,12,14,18-19H,9-11,13H2,1-4H3,(H,24,25)(H,26,29)/t18-,19-/m0/s1. The van der Waals surface area contributed by atoms with Gasteiger partial charge in [-0.25, -0.2) is 9.78 Å². The van der Waals surface area contributed by atoms with Gasteiger partial charge in [0.05, 0.1) is 44.8 Å². The van der Waals surface area contributed by atoms with E-state index >= 15 is 0 Å². The van der Waals surface area contributed by atoms with Crippen LogP contribution in [0.15, 0.2) is 30.5 Å². The SMILES string of the molecule is COC(=O)N[C@H](C(=O)N1CC2(C[C@H]1c1ncc(-c3ccc(C)cc3)[nH]1)OCCO2)C(C)C. The van der Waals surface area contributed by atoms with Crippen molar-refractivity contribution in [3.05, 3.63) is 41.9 Å². The lowest BCUT2D eigenvalue weighted by Crippen LogP contribution is -2.52. The van der Waals surface area contributed by atoms with Crippen LogP contribution in [0.4, 0.5) is 4.79 Å². The smallest absolute Gasteiger partial charge is 0.407 e. The van der Waals surface area contributed by atoms with Crippen molar-refractivity contribution in [2.45, 2.75) is 45.1 Å². The molecule has 2 fully saturated rings. The number of hydrogen-bond acceptors (Lipinski definition) is 6. The lowest BCUT2D eigenvalue weighted by Gasteiger charge is -2.30. The van der Waals surface area contributed by atoms with Gasteiger partial charge in [0.2, 0.25) is 5.91 Å². The molecule has 9 nitrogen and oxygen atoms in total. The van der Waals surface area contributed by atoms with Gasteiger partial charge in [-0.1, -0.05) is 43.7 Å². The topological polar surface area (TPSA) is 106 Å². The van der Waals surface area contributed by atoms with Crippen LogP contribution >= 0.6 is 0 Å². The zero-order chi connectivity index (χ0) is 22.9. The van der Waals surface area contributed by atoms with Crippen LogP contribution in [0.1, 0.15) is 37.7 Å². The Morgan fingerprint density at radius 2 is 1.94 bits per heavy atom. The Balaban J connectivity index is 1.63. The fourth-order valence-electron chi connectivity index (χ4n) is 4.28. The molecule has 2 saturated heterocycles. The molecular formula is C23H30N4O5. The molecule has 172 valence electrons. The number of H-pyrrole nitrogens is 1. The van der Waals surface area contributed by atoms with Crippen LogP contribution in [0.3, 0.4) is 0 Å². The lowest BCUT2D eigenvalue weighted by molar-refractivity contribution is -0.153. The Bertz CT molecular complexity index is 965. The number of aromatic nitrogens is 2. The first kappa shape index (κ1) is 22.3. The average Bonchev–Trinajstić information content (AvgIpc) is 3.52. The van der Waals surface area contributed by atoms with Crippen molar-refractivity contribution in [2.75, 3.05) is 26.9 Å². The third-order valence-corrected chi connectivity index (χ3v) is 6.05. The van der Waals surface area contributed by atoms with Gasteiger partial charge in [0.25, 0.3) is 0 Å².